The van der Waals surface area contributed by atoms with Gasteiger partial charge in [-0.2, -0.15) is 0 Å². The smallest absolute Gasteiger partial charge is 0.0394 e. The van der Waals surface area contributed by atoms with Crippen LogP contribution in [-0.2, 0) is 0 Å². The molecule has 0 unspecified atom stereocenters. The van der Waals surface area contributed by atoms with Crippen LogP contribution in [0.15, 0.2) is 0 Å². The van der Waals surface area contributed by atoms with Crippen LogP contribution < -0.4 is 5.32 Å². The van der Waals surface area contributed by atoms with Gasteiger partial charge in [0.1, 0.15) is 0 Å². The average molecular weight is 186 g/mol. The van der Waals surface area contributed by atoms with Crippen molar-refractivity contribution in [2.24, 2.45) is 0 Å². The summed E-state index contributed by atoms with van der Waals surface area (Å²) in [5.41, 5.74) is 0. The molecule has 2 saturated heterocycles. The Morgan fingerprint density at radius 1 is 1.15 bits per heavy atom. The van der Waals surface area contributed by atoms with E-state index in [1.165, 1.54) is 0 Å². The fraction of sp³-hybridized carbons (Fsp3) is 1.00. The lowest BCUT2D eigenvalue weighted by molar-refractivity contribution is 0.109. The molecule has 0 radical (unpaired) electrons. The fourth-order valence-corrected chi connectivity index (χ4v) is 2.28. The summed E-state index contributed by atoms with van der Waals surface area (Å²) >= 11 is 0. The minimum absolute atomic E-state index is 0.598. The molecular formula is C10H21N3. The molecule has 1 N–H and O–H groups in total. The number of piperazine rings is 1. The van der Waals surface area contributed by atoms with E-state index in [-0.39, 0.29) is 0 Å². The van der Waals surface area contributed by atoms with Crippen molar-refractivity contribution in [1.82, 2.24) is 15.1 Å². The Kier molecular flexibility index (Phi) is 2.16. The molecule has 0 aromatic carbocycles. The Hall–Kier alpha value is -0.120. The Morgan fingerprint density at radius 3 is 2.46 bits per heavy atom. The van der Waals surface area contributed by atoms with Crippen LogP contribution in [0.5, 0.6) is 0 Å². The first-order chi connectivity index (χ1) is 7.57. The topological polar surface area (TPSA) is 18.5 Å². The highest BCUT2D eigenvalue weighted by molar-refractivity contribution is 4.81. The number of hydrogen-bond acceptors (Lipinski definition) is 3. The lowest BCUT2D eigenvalue weighted by Crippen LogP contribution is -2.51. The summed E-state index contributed by atoms with van der Waals surface area (Å²) in [6.07, 6.45) is 2.00. The SMILES string of the molecule is [2H]C([2H])([2H])N1CCC(N2CCNCC2)CC1. The van der Waals surface area contributed by atoms with Crippen molar-refractivity contribution in [2.45, 2.75) is 18.9 Å². The lowest BCUT2D eigenvalue weighted by atomic mass is 10.0. The second kappa shape index (κ2) is 4.40. The third-order valence-corrected chi connectivity index (χ3v) is 3.13. The molecule has 0 aromatic rings. The number of piperidine rings is 1. The van der Waals surface area contributed by atoms with Crippen molar-refractivity contribution in [2.75, 3.05) is 46.2 Å². The Labute approximate surface area is 85.3 Å². The highest BCUT2D eigenvalue weighted by Crippen LogP contribution is 2.15. The number of hydrogen-bond donors (Lipinski definition) is 1. The van der Waals surface area contributed by atoms with Gasteiger partial charge in [-0.3, -0.25) is 4.90 Å². The summed E-state index contributed by atoms with van der Waals surface area (Å²) in [5.74, 6) is 0. The Balaban J connectivity index is 1.80. The van der Waals surface area contributed by atoms with Crippen LogP contribution >= 0.6 is 0 Å². The number of nitrogens with zero attached hydrogens (tertiary/aromatic N) is 2. The van der Waals surface area contributed by atoms with E-state index in [0.29, 0.717) is 19.1 Å². The molecule has 3 heteroatoms. The highest BCUT2D eigenvalue weighted by atomic mass is 15.2. The summed E-state index contributed by atoms with van der Waals surface area (Å²) in [7, 11) is 0. The van der Waals surface area contributed by atoms with E-state index in [2.05, 4.69) is 10.2 Å². The largest absolute Gasteiger partial charge is 0.314 e. The third-order valence-electron chi connectivity index (χ3n) is 3.13. The minimum Gasteiger partial charge on any atom is -0.314 e. The summed E-state index contributed by atoms with van der Waals surface area (Å²) in [4.78, 5) is 4.14. The van der Waals surface area contributed by atoms with Gasteiger partial charge in [0.2, 0.25) is 0 Å². The molecule has 2 fully saturated rings. The molecule has 2 heterocycles. The predicted molar refractivity (Wildman–Crippen MR) is 55.0 cm³/mol. The molecule has 3 nitrogen and oxygen atoms in total. The fourth-order valence-electron chi connectivity index (χ4n) is 2.28. The molecular weight excluding hydrogens is 162 g/mol. The molecule has 2 aliphatic heterocycles. The molecule has 0 bridgehead atoms. The van der Waals surface area contributed by atoms with Crippen molar-refractivity contribution in [3.63, 3.8) is 0 Å². The molecule has 76 valence electrons. The van der Waals surface area contributed by atoms with Gasteiger partial charge in [-0.05, 0) is 32.9 Å². The maximum atomic E-state index is 7.37. The molecule has 0 aliphatic carbocycles. The average Bonchev–Trinajstić information content (AvgIpc) is 2.29. The zero-order valence-corrected chi connectivity index (χ0v) is 8.13. The zero-order valence-electron chi connectivity index (χ0n) is 11.1. The van der Waals surface area contributed by atoms with Gasteiger partial charge in [-0.1, -0.05) is 0 Å². The van der Waals surface area contributed by atoms with E-state index in [4.69, 9.17) is 4.11 Å². The van der Waals surface area contributed by atoms with Gasteiger partial charge in [0.25, 0.3) is 0 Å². The minimum atomic E-state index is -1.89. The van der Waals surface area contributed by atoms with Crippen LogP contribution in [0.4, 0.5) is 0 Å². The predicted octanol–water partition coefficient (Wildman–Crippen LogP) is -0.0142. The molecule has 0 atom stereocenters. The number of likely N-dealkylation sites (tertiary alicyclic amines) is 1. The van der Waals surface area contributed by atoms with Crippen molar-refractivity contribution in [3.8, 4) is 0 Å². The van der Waals surface area contributed by atoms with Crippen LogP contribution in [-0.4, -0.2) is 62.1 Å². The molecule has 2 rings (SSSR count). The zero-order chi connectivity index (χ0) is 11.6. The summed E-state index contributed by atoms with van der Waals surface area (Å²) in [6, 6.07) is 0.598. The molecule has 0 aromatic heterocycles. The first kappa shape index (κ1) is 6.38. The van der Waals surface area contributed by atoms with Gasteiger partial charge in [-0.25, -0.2) is 0 Å². The first-order valence-corrected chi connectivity index (χ1v) is 5.27. The molecule has 0 amide bonds. The van der Waals surface area contributed by atoms with Gasteiger partial charge < -0.3 is 10.2 Å². The Bertz CT molecular complexity index is 218. The van der Waals surface area contributed by atoms with Crippen LogP contribution in [0.1, 0.15) is 17.0 Å². The van der Waals surface area contributed by atoms with E-state index in [0.717, 1.165) is 39.0 Å². The van der Waals surface area contributed by atoms with E-state index in [1.54, 1.807) is 4.90 Å². The second-order valence-electron chi connectivity index (χ2n) is 4.00. The van der Waals surface area contributed by atoms with Crippen molar-refractivity contribution >= 4 is 0 Å². The van der Waals surface area contributed by atoms with Gasteiger partial charge in [0.05, 0.1) is 0 Å². The van der Waals surface area contributed by atoms with Gasteiger partial charge in [0, 0.05) is 36.3 Å². The van der Waals surface area contributed by atoms with E-state index in [1.807, 2.05) is 0 Å². The molecule has 0 saturated carbocycles. The summed E-state index contributed by atoms with van der Waals surface area (Å²) < 4.78 is 22.1. The Morgan fingerprint density at radius 2 is 1.85 bits per heavy atom. The number of nitrogens with one attached hydrogen (secondary N) is 1. The maximum Gasteiger partial charge on any atom is 0.0394 e. The second-order valence-corrected chi connectivity index (χ2v) is 4.00. The van der Waals surface area contributed by atoms with Gasteiger partial charge in [0.15, 0.2) is 0 Å². The van der Waals surface area contributed by atoms with Gasteiger partial charge in [-0.15, -0.1) is 0 Å². The highest BCUT2D eigenvalue weighted by Gasteiger charge is 2.23. The van der Waals surface area contributed by atoms with Crippen LogP contribution in [0, 0.1) is 0 Å². The van der Waals surface area contributed by atoms with Crippen LogP contribution in [0.25, 0.3) is 0 Å². The molecule has 0 spiro atoms. The summed E-state index contributed by atoms with van der Waals surface area (Å²) in [6.45, 7) is 3.89. The van der Waals surface area contributed by atoms with Crippen molar-refractivity contribution in [3.05, 3.63) is 0 Å². The first-order valence-electron chi connectivity index (χ1n) is 6.77. The lowest BCUT2D eigenvalue weighted by Gasteiger charge is -2.39. The standard InChI is InChI=1S/C10H21N3/c1-12-6-2-10(3-7-12)13-8-4-11-5-9-13/h10-11H,2-9H2,1H3/i1D3. The third kappa shape index (κ3) is 2.42. The van der Waals surface area contributed by atoms with E-state index < -0.39 is 6.98 Å². The van der Waals surface area contributed by atoms with E-state index in [9.17, 15) is 0 Å². The summed E-state index contributed by atoms with van der Waals surface area (Å²) in [5, 5.41) is 3.34. The van der Waals surface area contributed by atoms with Gasteiger partial charge >= 0.3 is 0 Å². The van der Waals surface area contributed by atoms with Crippen molar-refractivity contribution < 1.29 is 4.11 Å². The normalized spacial score (nSPS) is 33.7. The van der Waals surface area contributed by atoms with Crippen molar-refractivity contribution in [1.29, 1.82) is 0 Å². The number of rotatable bonds is 1. The van der Waals surface area contributed by atoms with Crippen LogP contribution in [0.3, 0.4) is 0 Å². The monoisotopic (exact) mass is 186 g/mol. The quantitative estimate of drug-likeness (QED) is 0.621. The maximum absolute atomic E-state index is 7.37. The van der Waals surface area contributed by atoms with E-state index >= 15 is 0 Å². The molecule has 2 aliphatic rings. The van der Waals surface area contributed by atoms with Crippen LogP contribution in [0.2, 0.25) is 0 Å². The molecule has 13 heavy (non-hydrogen) atoms.